The highest BCUT2D eigenvalue weighted by Crippen LogP contribution is 2.31. The van der Waals surface area contributed by atoms with Crippen LogP contribution in [0.3, 0.4) is 0 Å². The number of fused-ring (bicyclic) bond motifs is 1. The zero-order valence-corrected chi connectivity index (χ0v) is 17.2. The Morgan fingerprint density at radius 2 is 1.90 bits per heavy atom. The third kappa shape index (κ3) is 3.58. The Morgan fingerprint density at radius 3 is 2.63 bits per heavy atom. The lowest BCUT2D eigenvalue weighted by atomic mass is 9.92. The lowest BCUT2D eigenvalue weighted by Crippen LogP contribution is -2.48. The predicted molar refractivity (Wildman–Crippen MR) is 115 cm³/mol. The van der Waals surface area contributed by atoms with Gasteiger partial charge in [-0.25, -0.2) is 9.50 Å². The maximum absolute atomic E-state index is 12.5. The number of aromatic nitrogens is 5. The molecule has 7 nitrogen and oxygen atoms in total. The Kier molecular flexibility index (Phi) is 4.58. The SMILES string of the molecule is Cc1ccc(CC(=O)CC2CN(c3ncnn4cc(-c5cnn(C)c5)cc34)C2)cc1. The number of carbonyl (C=O) groups excluding carboxylic acids is 1. The predicted octanol–water partition coefficient (Wildman–Crippen LogP) is 3.08. The molecular weight excluding hydrogens is 376 g/mol. The first-order valence-electron chi connectivity index (χ1n) is 10.2. The van der Waals surface area contributed by atoms with Crippen molar-refractivity contribution in [2.24, 2.45) is 13.0 Å². The largest absolute Gasteiger partial charge is 0.354 e. The molecule has 1 aliphatic rings. The molecular formula is C23H24N6O. The Morgan fingerprint density at radius 1 is 1.10 bits per heavy atom. The normalized spacial score (nSPS) is 14.3. The van der Waals surface area contributed by atoms with E-state index < -0.39 is 0 Å². The quantitative estimate of drug-likeness (QED) is 0.498. The second kappa shape index (κ2) is 7.40. The molecule has 0 N–H and O–H groups in total. The molecule has 0 saturated carbocycles. The van der Waals surface area contributed by atoms with Gasteiger partial charge in [-0.05, 0) is 18.6 Å². The van der Waals surface area contributed by atoms with Gasteiger partial charge in [0.25, 0.3) is 0 Å². The van der Waals surface area contributed by atoms with Gasteiger partial charge in [0.15, 0.2) is 5.82 Å². The number of aryl methyl sites for hydroxylation is 2. The summed E-state index contributed by atoms with van der Waals surface area (Å²) in [5, 5.41) is 8.60. The minimum atomic E-state index is 0.304. The third-order valence-electron chi connectivity index (χ3n) is 5.72. The topological polar surface area (TPSA) is 68.3 Å². The summed E-state index contributed by atoms with van der Waals surface area (Å²) in [7, 11) is 1.91. The number of benzene rings is 1. The molecule has 1 saturated heterocycles. The fourth-order valence-corrected chi connectivity index (χ4v) is 4.09. The van der Waals surface area contributed by atoms with Crippen molar-refractivity contribution < 1.29 is 4.79 Å². The molecule has 0 unspecified atom stereocenters. The molecule has 1 fully saturated rings. The summed E-state index contributed by atoms with van der Waals surface area (Å²) in [6, 6.07) is 10.3. The summed E-state index contributed by atoms with van der Waals surface area (Å²) in [5.74, 6) is 1.60. The first kappa shape index (κ1) is 18.5. The molecule has 0 radical (unpaired) electrons. The zero-order valence-electron chi connectivity index (χ0n) is 17.2. The van der Waals surface area contributed by atoms with E-state index >= 15 is 0 Å². The lowest BCUT2D eigenvalue weighted by Gasteiger charge is -2.40. The van der Waals surface area contributed by atoms with E-state index in [2.05, 4.69) is 45.2 Å². The molecule has 4 heterocycles. The van der Waals surface area contributed by atoms with E-state index in [1.54, 1.807) is 11.0 Å². The molecule has 0 bridgehead atoms. The molecule has 0 atom stereocenters. The van der Waals surface area contributed by atoms with Gasteiger partial charge in [0.2, 0.25) is 0 Å². The van der Waals surface area contributed by atoms with Gasteiger partial charge >= 0.3 is 0 Å². The maximum atomic E-state index is 12.5. The third-order valence-corrected chi connectivity index (χ3v) is 5.72. The van der Waals surface area contributed by atoms with E-state index in [4.69, 9.17) is 0 Å². The Labute approximate surface area is 175 Å². The van der Waals surface area contributed by atoms with Crippen molar-refractivity contribution in [3.05, 3.63) is 66.4 Å². The van der Waals surface area contributed by atoms with Crippen LogP contribution in [0.5, 0.6) is 0 Å². The second-order valence-corrected chi connectivity index (χ2v) is 8.22. The van der Waals surface area contributed by atoms with Gasteiger partial charge in [0.05, 0.1) is 6.20 Å². The van der Waals surface area contributed by atoms with Gasteiger partial charge in [0, 0.05) is 62.4 Å². The summed E-state index contributed by atoms with van der Waals surface area (Å²) in [5.41, 5.74) is 5.40. The van der Waals surface area contributed by atoms with Crippen LogP contribution in [-0.4, -0.2) is 43.3 Å². The van der Waals surface area contributed by atoms with E-state index in [9.17, 15) is 4.79 Å². The number of ketones is 1. The van der Waals surface area contributed by atoms with Gasteiger partial charge in [-0.3, -0.25) is 9.48 Å². The van der Waals surface area contributed by atoms with Crippen molar-refractivity contribution in [3.8, 4) is 11.1 Å². The minimum Gasteiger partial charge on any atom is -0.354 e. The summed E-state index contributed by atoms with van der Waals surface area (Å²) in [6.45, 7) is 3.75. The fourth-order valence-electron chi connectivity index (χ4n) is 4.09. The molecule has 4 aromatic rings. The molecule has 7 heteroatoms. The summed E-state index contributed by atoms with van der Waals surface area (Å²) in [6.07, 6.45) is 8.56. The van der Waals surface area contributed by atoms with Crippen LogP contribution in [0.4, 0.5) is 5.82 Å². The maximum Gasteiger partial charge on any atom is 0.156 e. The number of Topliss-reactive ketones (excluding diaryl/α,β-unsaturated/α-hetero) is 1. The average Bonchev–Trinajstić information content (AvgIpc) is 3.32. The molecule has 0 aliphatic carbocycles. The highest BCUT2D eigenvalue weighted by Gasteiger charge is 2.31. The first-order chi connectivity index (χ1) is 14.5. The molecule has 1 aromatic carbocycles. The van der Waals surface area contributed by atoms with E-state index in [1.165, 1.54) is 5.56 Å². The molecule has 1 aliphatic heterocycles. The molecule has 0 amide bonds. The molecule has 152 valence electrons. The highest BCUT2D eigenvalue weighted by molar-refractivity contribution is 5.82. The summed E-state index contributed by atoms with van der Waals surface area (Å²) < 4.78 is 3.65. The Balaban J connectivity index is 1.25. The van der Waals surface area contributed by atoms with Crippen molar-refractivity contribution in [2.45, 2.75) is 19.8 Å². The number of anilines is 1. The standard InChI is InChI=1S/C23H24N6O/c1-16-3-5-17(6-4-16)7-21(30)8-18-11-28(12-18)23-22-9-19(14-29(22)26-15-24-23)20-10-25-27(2)13-20/h3-6,9-10,13-15,18H,7-8,11-12H2,1-2H3. The van der Waals surface area contributed by atoms with Crippen LogP contribution in [0.2, 0.25) is 0 Å². The van der Waals surface area contributed by atoms with Crippen LogP contribution >= 0.6 is 0 Å². The zero-order chi connectivity index (χ0) is 20.7. The van der Waals surface area contributed by atoms with Gasteiger partial charge in [0.1, 0.15) is 17.6 Å². The number of hydrogen-bond donors (Lipinski definition) is 0. The van der Waals surface area contributed by atoms with Gasteiger partial charge < -0.3 is 4.90 Å². The van der Waals surface area contributed by atoms with E-state index in [-0.39, 0.29) is 0 Å². The van der Waals surface area contributed by atoms with Gasteiger partial charge in [-0.1, -0.05) is 29.8 Å². The molecule has 30 heavy (non-hydrogen) atoms. The Bertz CT molecular complexity index is 1200. The van der Waals surface area contributed by atoms with E-state index in [0.717, 1.165) is 41.1 Å². The number of nitrogens with zero attached hydrogens (tertiary/aromatic N) is 6. The van der Waals surface area contributed by atoms with Crippen molar-refractivity contribution in [1.29, 1.82) is 0 Å². The lowest BCUT2D eigenvalue weighted by molar-refractivity contribution is -0.119. The second-order valence-electron chi connectivity index (χ2n) is 8.22. The number of hydrogen-bond acceptors (Lipinski definition) is 5. The van der Waals surface area contributed by atoms with Crippen molar-refractivity contribution in [3.63, 3.8) is 0 Å². The molecule has 5 rings (SSSR count). The summed E-state index contributed by atoms with van der Waals surface area (Å²) >= 11 is 0. The van der Waals surface area contributed by atoms with Gasteiger partial charge in [-0.2, -0.15) is 10.2 Å². The summed E-state index contributed by atoms with van der Waals surface area (Å²) in [4.78, 5) is 19.2. The van der Waals surface area contributed by atoms with Crippen LogP contribution in [0.1, 0.15) is 17.5 Å². The number of carbonyl (C=O) groups is 1. The van der Waals surface area contributed by atoms with Crippen molar-refractivity contribution >= 4 is 17.1 Å². The van der Waals surface area contributed by atoms with Crippen LogP contribution < -0.4 is 4.90 Å². The minimum absolute atomic E-state index is 0.304. The smallest absolute Gasteiger partial charge is 0.156 e. The first-order valence-corrected chi connectivity index (χ1v) is 10.2. The van der Waals surface area contributed by atoms with Crippen LogP contribution in [-0.2, 0) is 18.3 Å². The van der Waals surface area contributed by atoms with E-state index in [1.807, 2.05) is 42.3 Å². The van der Waals surface area contributed by atoms with Crippen LogP contribution in [0.15, 0.2) is 55.2 Å². The number of rotatable bonds is 6. The molecule has 3 aromatic heterocycles. The van der Waals surface area contributed by atoms with E-state index in [0.29, 0.717) is 24.5 Å². The average molecular weight is 400 g/mol. The van der Waals surface area contributed by atoms with Gasteiger partial charge in [-0.15, -0.1) is 0 Å². The highest BCUT2D eigenvalue weighted by atomic mass is 16.1. The monoisotopic (exact) mass is 400 g/mol. The van der Waals surface area contributed by atoms with Crippen molar-refractivity contribution in [2.75, 3.05) is 18.0 Å². The molecule has 0 spiro atoms. The van der Waals surface area contributed by atoms with Crippen LogP contribution in [0.25, 0.3) is 16.6 Å². The van der Waals surface area contributed by atoms with Crippen LogP contribution in [0, 0.1) is 12.8 Å². The van der Waals surface area contributed by atoms with Crippen molar-refractivity contribution in [1.82, 2.24) is 24.4 Å². The Hall–Kier alpha value is -3.48. The fraction of sp³-hybridized carbons (Fsp3) is 0.304.